The third-order valence-corrected chi connectivity index (χ3v) is 6.13. The predicted octanol–water partition coefficient (Wildman–Crippen LogP) is 4.85. The molecule has 9 heteroatoms. The van der Waals surface area contributed by atoms with Gasteiger partial charge in [0, 0.05) is 39.8 Å². The maximum Gasteiger partial charge on any atom is 0.345 e. The third-order valence-electron chi connectivity index (χ3n) is 5.17. The Morgan fingerprint density at radius 1 is 1.11 bits per heavy atom. The summed E-state index contributed by atoms with van der Waals surface area (Å²) in [4.78, 5) is 42.6. The molecule has 0 radical (unpaired) electrons. The quantitative estimate of drug-likeness (QED) is 0.0784. The van der Waals surface area contributed by atoms with Gasteiger partial charge in [-0.05, 0) is 74.1 Å². The van der Waals surface area contributed by atoms with Crippen molar-refractivity contribution in [3.63, 3.8) is 0 Å². The van der Waals surface area contributed by atoms with Crippen molar-refractivity contribution in [1.29, 1.82) is 0 Å². The van der Waals surface area contributed by atoms with E-state index in [1.807, 2.05) is 69.1 Å². The SMILES string of the molecule is C/C=C(\I)CN(/C=C/C=C(C(=O)OC)C(=O)OC)[C@@H](Cc1c[nH]c2ccccc12)C(=O)OC(C)(C)C. The van der Waals surface area contributed by atoms with Gasteiger partial charge >= 0.3 is 17.9 Å². The van der Waals surface area contributed by atoms with E-state index in [-0.39, 0.29) is 11.5 Å². The van der Waals surface area contributed by atoms with E-state index in [4.69, 9.17) is 4.74 Å². The fraction of sp³-hybridized carbons (Fsp3) is 0.370. The largest absolute Gasteiger partial charge is 0.465 e. The number of aromatic nitrogens is 1. The highest BCUT2D eigenvalue weighted by molar-refractivity contribution is 14.1. The Kier molecular flexibility index (Phi) is 10.8. The third kappa shape index (κ3) is 8.25. The number of nitrogens with zero attached hydrogens (tertiary/aromatic N) is 1. The molecule has 0 amide bonds. The molecule has 0 saturated heterocycles. The second-order valence-corrected chi connectivity index (χ2v) is 10.3. The van der Waals surface area contributed by atoms with Crippen LogP contribution in [0.3, 0.4) is 0 Å². The molecular formula is C27H33IN2O6. The summed E-state index contributed by atoms with van der Waals surface area (Å²) in [5.74, 6) is -2.02. The van der Waals surface area contributed by atoms with Crippen molar-refractivity contribution < 1.29 is 28.6 Å². The number of rotatable bonds is 10. The van der Waals surface area contributed by atoms with Gasteiger partial charge in [-0.3, -0.25) is 0 Å². The minimum absolute atomic E-state index is 0.262. The van der Waals surface area contributed by atoms with E-state index in [0.717, 1.165) is 20.0 Å². The normalized spacial score (nSPS) is 12.8. The molecule has 2 rings (SSSR count). The molecule has 1 heterocycles. The lowest BCUT2D eigenvalue weighted by atomic mass is 10.0. The fourth-order valence-corrected chi connectivity index (χ4v) is 3.83. The van der Waals surface area contributed by atoms with Crippen LogP contribution in [0.2, 0.25) is 0 Å². The summed E-state index contributed by atoms with van der Waals surface area (Å²) in [6.07, 6.45) is 8.72. The molecule has 0 bridgehead atoms. The van der Waals surface area contributed by atoms with Gasteiger partial charge in [0.15, 0.2) is 0 Å². The lowest BCUT2D eigenvalue weighted by Gasteiger charge is -2.32. The summed E-state index contributed by atoms with van der Waals surface area (Å²) in [5, 5.41) is 1.02. The number of halogens is 1. The number of carbonyl (C=O) groups is 3. The monoisotopic (exact) mass is 608 g/mol. The van der Waals surface area contributed by atoms with E-state index < -0.39 is 23.6 Å². The van der Waals surface area contributed by atoms with Crippen molar-refractivity contribution in [2.45, 2.75) is 45.8 Å². The maximum atomic E-state index is 13.4. The predicted molar refractivity (Wildman–Crippen MR) is 147 cm³/mol. The molecule has 2 aromatic rings. The van der Waals surface area contributed by atoms with Crippen LogP contribution >= 0.6 is 22.6 Å². The van der Waals surface area contributed by atoms with Crippen LogP contribution in [0.5, 0.6) is 0 Å². The molecular weight excluding hydrogens is 575 g/mol. The van der Waals surface area contributed by atoms with Gasteiger partial charge in [-0.1, -0.05) is 24.3 Å². The zero-order valence-electron chi connectivity index (χ0n) is 21.5. The zero-order chi connectivity index (χ0) is 26.9. The molecule has 36 heavy (non-hydrogen) atoms. The molecule has 1 N–H and O–H groups in total. The van der Waals surface area contributed by atoms with Gasteiger partial charge in [0.1, 0.15) is 17.2 Å². The number of hydrogen-bond acceptors (Lipinski definition) is 7. The second-order valence-electron chi connectivity index (χ2n) is 8.93. The van der Waals surface area contributed by atoms with Crippen molar-refractivity contribution in [2.75, 3.05) is 20.8 Å². The Bertz CT molecular complexity index is 1150. The van der Waals surface area contributed by atoms with E-state index in [1.165, 1.54) is 26.4 Å². The number of ether oxygens (including phenoxy) is 3. The van der Waals surface area contributed by atoms with Gasteiger partial charge in [0.2, 0.25) is 0 Å². The van der Waals surface area contributed by atoms with Gasteiger partial charge in [-0.2, -0.15) is 0 Å². The van der Waals surface area contributed by atoms with E-state index >= 15 is 0 Å². The molecule has 1 atom stereocenters. The van der Waals surface area contributed by atoms with E-state index in [9.17, 15) is 14.4 Å². The van der Waals surface area contributed by atoms with E-state index in [2.05, 4.69) is 37.0 Å². The molecule has 0 aliphatic carbocycles. The molecule has 1 aromatic carbocycles. The van der Waals surface area contributed by atoms with Gasteiger partial charge in [0.25, 0.3) is 0 Å². The highest BCUT2D eigenvalue weighted by atomic mass is 127. The summed E-state index contributed by atoms with van der Waals surface area (Å²) in [5.41, 5.74) is 1.00. The van der Waals surface area contributed by atoms with Crippen molar-refractivity contribution in [2.24, 2.45) is 0 Å². The molecule has 0 aliphatic rings. The van der Waals surface area contributed by atoms with Crippen LogP contribution < -0.4 is 0 Å². The number of aromatic amines is 1. The number of fused-ring (bicyclic) bond motifs is 1. The van der Waals surface area contributed by atoms with Crippen molar-refractivity contribution in [1.82, 2.24) is 9.88 Å². The lowest BCUT2D eigenvalue weighted by molar-refractivity contribution is -0.160. The molecule has 0 unspecified atom stereocenters. The maximum absolute atomic E-state index is 13.4. The lowest BCUT2D eigenvalue weighted by Crippen LogP contribution is -2.43. The summed E-state index contributed by atoms with van der Waals surface area (Å²) < 4.78 is 16.1. The Labute approximate surface area is 225 Å². The van der Waals surface area contributed by atoms with Crippen LogP contribution in [0.25, 0.3) is 10.9 Å². The number of esters is 3. The smallest absolute Gasteiger partial charge is 0.345 e. The number of benzene rings is 1. The number of allylic oxidation sites excluding steroid dienone is 3. The van der Waals surface area contributed by atoms with Crippen LogP contribution in [0.4, 0.5) is 0 Å². The highest BCUT2D eigenvalue weighted by Gasteiger charge is 2.30. The van der Waals surface area contributed by atoms with Crippen LogP contribution in [0, 0.1) is 0 Å². The van der Waals surface area contributed by atoms with Crippen LogP contribution in [0.1, 0.15) is 33.3 Å². The first-order valence-electron chi connectivity index (χ1n) is 11.4. The molecule has 0 fully saturated rings. The minimum Gasteiger partial charge on any atom is -0.465 e. The zero-order valence-corrected chi connectivity index (χ0v) is 23.6. The Balaban J connectivity index is 2.53. The summed E-state index contributed by atoms with van der Waals surface area (Å²) in [6, 6.07) is 7.20. The summed E-state index contributed by atoms with van der Waals surface area (Å²) >= 11 is 2.21. The molecule has 8 nitrogen and oxygen atoms in total. The summed E-state index contributed by atoms with van der Waals surface area (Å²) in [6.45, 7) is 7.81. The standard InChI is InChI=1S/C27H33IN2O6/c1-7-19(28)17-30(14-10-12-21(24(31)34-5)25(32)35-6)23(26(33)36-27(2,3)4)15-18-16-29-22-13-9-8-11-20(18)22/h7-14,16,23,29H,15,17H2,1-6H3/b14-10+,19-7-/t23-/m0/s1. The van der Waals surface area contributed by atoms with E-state index in [0.29, 0.717) is 13.0 Å². The highest BCUT2D eigenvalue weighted by Crippen LogP contribution is 2.24. The average Bonchev–Trinajstić information content (AvgIpc) is 3.25. The summed E-state index contributed by atoms with van der Waals surface area (Å²) in [7, 11) is 2.37. The molecule has 194 valence electrons. The topological polar surface area (TPSA) is 97.9 Å². The first kappa shape index (κ1) is 29.2. The van der Waals surface area contributed by atoms with Crippen molar-refractivity contribution in [3.05, 3.63) is 69.6 Å². The molecule has 0 aliphatic heterocycles. The number of nitrogens with one attached hydrogen (secondary N) is 1. The number of methoxy groups -OCH3 is 2. The first-order valence-corrected chi connectivity index (χ1v) is 12.5. The van der Waals surface area contributed by atoms with Gasteiger partial charge in [-0.15, -0.1) is 0 Å². The average molecular weight is 608 g/mol. The molecule has 0 saturated carbocycles. The minimum atomic E-state index is -0.816. The Hall–Kier alpha value is -3.08. The number of H-pyrrole nitrogens is 1. The second kappa shape index (κ2) is 13.3. The van der Waals surface area contributed by atoms with Crippen LogP contribution in [-0.2, 0) is 35.0 Å². The Morgan fingerprint density at radius 3 is 2.33 bits per heavy atom. The van der Waals surface area contributed by atoms with Gasteiger partial charge < -0.3 is 24.1 Å². The number of carbonyl (C=O) groups excluding carboxylic acids is 3. The van der Waals surface area contributed by atoms with E-state index in [1.54, 1.807) is 6.20 Å². The van der Waals surface area contributed by atoms with Gasteiger partial charge in [-0.25, -0.2) is 14.4 Å². The molecule has 1 aromatic heterocycles. The van der Waals surface area contributed by atoms with Crippen LogP contribution in [0.15, 0.2) is 64.0 Å². The van der Waals surface area contributed by atoms with Crippen LogP contribution in [-0.4, -0.2) is 60.2 Å². The molecule has 0 spiro atoms. The van der Waals surface area contributed by atoms with Crippen molar-refractivity contribution >= 4 is 51.4 Å². The first-order chi connectivity index (χ1) is 17.0. The fourth-order valence-electron chi connectivity index (χ4n) is 3.44. The number of hydrogen-bond donors (Lipinski definition) is 1. The van der Waals surface area contributed by atoms with Gasteiger partial charge in [0.05, 0.1) is 14.2 Å². The Morgan fingerprint density at radius 2 is 1.75 bits per heavy atom. The van der Waals surface area contributed by atoms with Crippen molar-refractivity contribution in [3.8, 4) is 0 Å². The number of para-hydroxylation sites is 1.